The van der Waals surface area contributed by atoms with Crippen LogP contribution >= 0.6 is 0 Å². The number of hydrogen-bond acceptors (Lipinski definition) is 3. The summed E-state index contributed by atoms with van der Waals surface area (Å²) in [4.78, 5) is 11.5. The zero-order valence-electron chi connectivity index (χ0n) is 11.0. The van der Waals surface area contributed by atoms with Gasteiger partial charge in [0.2, 0.25) is 5.91 Å². The van der Waals surface area contributed by atoms with Gasteiger partial charge in [0.25, 0.3) is 0 Å². The molecule has 0 spiro atoms. The molecule has 0 radical (unpaired) electrons. The van der Waals surface area contributed by atoms with Gasteiger partial charge in [-0.3, -0.25) is 4.79 Å². The number of carbonyl (C=O) groups excluding carboxylic acids is 1. The summed E-state index contributed by atoms with van der Waals surface area (Å²) in [6, 6.07) is 0. The molecule has 0 aliphatic carbocycles. The van der Waals surface area contributed by atoms with E-state index in [1.54, 1.807) is 0 Å². The molecule has 0 heterocycles. The first-order valence-corrected chi connectivity index (χ1v) is 5.71. The zero-order valence-corrected chi connectivity index (χ0v) is 11.0. The second-order valence-electron chi connectivity index (χ2n) is 5.38. The lowest BCUT2D eigenvalue weighted by Gasteiger charge is -2.26. The maximum Gasteiger partial charge on any atom is 0.220 e. The summed E-state index contributed by atoms with van der Waals surface area (Å²) in [6.45, 7) is 8.91. The molecule has 16 heavy (non-hydrogen) atoms. The Balaban J connectivity index is 3.83. The summed E-state index contributed by atoms with van der Waals surface area (Å²) in [7, 11) is 1.52. The van der Waals surface area contributed by atoms with Crippen LogP contribution in [-0.2, 0) is 9.53 Å². The van der Waals surface area contributed by atoms with Crippen molar-refractivity contribution in [1.82, 2.24) is 5.32 Å². The Labute approximate surface area is 98.4 Å². The van der Waals surface area contributed by atoms with E-state index in [-0.39, 0.29) is 24.5 Å². The lowest BCUT2D eigenvalue weighted by atomic mass is 9.80. The van der Waals surface area contributed by atoms with Crippen molar-refractivity contribution in [2.24, 2.45) is 11.3 Å². The first-order chi connectivity index (χ1) is 7.27. The number of ether oxygens (including phenoxy) is 1. The third kappa shape index (κ3) is 6.80. The molecule has 0 saturated carbocycles. The highest BCUT2D eigenvalue weighted by Gasteiger charge is 2.22. The number of rotatable bonds is 6. The summed E-state index contributed by atoms with van der Waals surface area (Å²) >= 11 is 0. The van der Waals surface area contributed by atoms with Gasteiger partial charge in [-0.25, -0.2) is 0 Å². The average molecular weight is 231 g/mol. The van der Waals surface area contributed by atoms with Gasteiger partial charge < -0.3 is 15.2 Å². The average Bonchev–Trinajstić information content (AvgIpc) is 2.13. The Morgan fingerprint density at radius 2 is 2.00 bits per heavy atom. The SMILES string of the molecule is COCC(O)CNC(=O)CC(C)C(C)(C)C. The Hall–Kier alpha value is -0.610. The highest BCUT2D eigenvalue weighted by molar-refractivity contribution is 5.76. The Kier molecular flexibility index (Phi) is 6.60. The van der Waals surface area contributed by atoms with Gasteiger partial charge in [-0.1, -0.05) is 27.7 Å². The summed E-state index contributed by atoms with van der Waals surface area (Å²) in [5, 5.41) is 12.1. The highest BCUT2D eigenvalue weighted by Crippen LogP contribution is 2.27. The molecule has 4 heteroatoms. The predicted octanol–water partition coefficient (Wildman–Crippen LogP) is 1.18. The smallest absolute Gasteiger partial charge is 0.220 e. The van der Waals surface area contributed by atoms with Crippen molar-refractivity contribution in [3.63, 3.8) is 0 Å². The van der Waals surface area contributed by atoms with Crippen LogP contribution in [0.15, 0.2) is 0 Å². The van der Waals surface area contributed by atoms with Gasteiger partial charge in [-0.15, -0.1) is 0 Å². The molecule has 0 aliphatic heterocycles. The van der Waals surface area contributed by atoms with Crippen molar-refractivity contribution in [1.29, 1.82) is 0 Å². The molecule has 2 N–H and O–H groups in total. The fourth-order valence-electron chi connectivity index (χ4n) is 1.14. The molecule has 0 aromatic rings. The quantitative estimate of drug-likeness (QED) is 0.721. The van der Waals surface area contributed by atoms with Crippen LogP contribution in [-0.4, -0.2) is 37.4 Å². The molecular weight excluding hydrogens is 206 g/mol. The van der Waals surface area contributed by atoms with E-state index in [1.807, 2.05) is 0 Å². The standard InChI is InChI=1S/C12H25NO3/c1-9(12(2,3)4)6-11(15)13-7-10(14)8-16-5/h9-10,14H,6-8H2,1-5H3,(H,13,15). The van der Waals surface area contributed by atoms with Gasteiger partial charge in [0.05, 0.1) is 12.7 Å². The van der Waals surface area contributed by atoms with E-state index >= 15 is 0 Å². The van der Waals surface area contributed by atoms with Crippen LogP contribution in [0.25, 0.3) is 0 Å². The second-order valence-corrected chi connectivity index (χ2v) is 5.38. The number of amides is 1. The van der Waals surface area contributed by atoms with Crippen LogP contribution < -0.4 is 5.32 Å². The molecule has 0 rings (SSSR count). The molecule has 1 amide bonds. The largest absolute Gasteiger partial charge is 0.389 e. The molecule has 0 aromatic heterocycles. The number of carbonyl (C=O) groups is 1. The molecule has 0 aliphatic rings. The summed E-state index contributed by atoms with van der Waals surface area (Å²) in [5.41, 5.74) is 0.127. The molecule has 2 atom stereocenters. The van der Waals surface area contributed by atoms with Crippen LogP contribution in [0.2, 0.25) is 0 Å². The van der Waals surface area contributed by atoms with E-state index in [0.29, 0.717) is 12.3 Å². The van der Waals surface area contributed by atoms with Crippen LogP contribution in [0, 0.1) is 11.3 Å². The van der Waals surface area contributed by atoms with Crippen molar-refractivity contribution in [3.8, 4) is 0 Å². The molecule has 96 valence electrons. The van der Waals surface area contributed by atoms with Crippen molar-refractivity contribution >= 4 is 5.91 Å². The van der Waals surface area contributed by atoms with Crippen molar-refractivity contribution in [2.75, 3.05) is 20.3 Å². The first kappa shape index (κ1) is 15.4. The van der Waals surface area contributed by atoms with Gasteiger partial charge >= 0.3 is 0 Å². The Morgan fingerprint density at radius 1 is 1.44 bits per heavy atom. The predicted molar refractivity (Wildman–Crippen MR) is 64.1 cm³/mol. The zero-order chi connectivity index (χ0) is 12.8. The minimum atomic E-state index is -0.626. The van der Waals surface area contributed by atoms with Crippen LogP contribution in [0.3, 0.4) is 0 Å². The van der Waals surface area contributed by atoms with Gasteiger partial charge in [0.15, 0.2) is 0 Å². The van der Waals surface area contributed by atoms with Gasteiger partial charge in [-0.05, 0) is 11.3 Å². The fourth-order valence-corrected chi connectivity index (χ4v) is 1.14. The molecule has 4 nitrogen and oxygen atoms in total. The number of aliphatic hydroxyl groups is 1. The molecule has 0 fully saturated rings. The van der Waals surface area contributed by atoms with E-state index in [4.69, 9.17) is 4.74 Å². The van der Waals surface area contributed by atoms with Crippen LogP contribution in [0.4, 0.5) is 0 Å². The highest BCUT2D eigenvalue weighted by atomic mass is 16.5. The number of nitrogens with one attached hydrogen (secondary N) is 1. The molecule has 2 unspecified atom stereocenters. The molecule has 0 saturated heterocycles. The first-order valence-electron chi connectivity index (χ1n) is 5.71. The molecule has 0 bridgehead atoms. The lowest BCUT2D eigenvalue weighted by molar-refractivity contribution is -0.123. The minimum Gasteiger partial charge on any atom is -0.389 e. The monoisotopic (exact) mass is 231 g/mol. The van der Waals surface area contributed by atoms with E-state index < -0.39 is 6.10 Å². The van der Waals surface area contributed by atoms with E-state index in [2.05, 4.69) is 33.0 Å². The maximum absolute atomic E-state index is 11.5. The van der Waals surface area contributed by atoms with E-state index in [1.165, 1.54) is 7.11 Å². The van der Waals surface area contributed by atoms with E-state index in [0.717, 1.165) is 0 Å². The summed E-state index contributed by atoms with van der Waals surface area (Å²) < 4.78 is 4.77. The van der Waals surface area contributed by atoms with Crippen molar-refractivity contribution in [3.05, 3.63) is 0 Å². The van der Waals surface area contributed by atoms with Gasteiger partial charge in [0, 0.05) is 20.1 Å². The maximum atomic E-state index is 11.5. The van der Waals surface area contributed by atoms with Crippen molar-refractivity contribution in [2.45, 2.75) is 40.2 Å². The van der Waals surface area contributed by atoms with Gasteiger partial charge in [-0.2, -0.15) is 0 Å². The fraction of sp³-hybridized carbons (Fsp3) is 0.917. The third-order valence-electron chi connectivity index (χ3n) is 2.86. The summed E-state index contributed by atoms with van der Waals surface area (Å²) in [6.07, 6.45) is -0.137. The van der Waals surface area contributed by atoms with E-state index in [9.17, 15) is 9.90 Å². The topological polar surface area (TPSA) is 58.6 Å². The molecular formula is C12H25NO3. The minimum absolute atomic E-state index is 0.0161. The second kappa shape index (κ2) is 6.86. The Morgan fingerprint density at radius 3 is 2.44 bits per heavy atom. The number of hydrogen-bond donors (Lipinski definition) is 2. The Bertz CT molecular complexity index is 211. The van der Waals surface area contributed by atoms with Crippen LogP contribution in [0.1, 0.15) is 34.1 Å². The number of aliphatic hydroxyl groups excluding tert-OH is 1. The third-order valence-corrected chi connectivity index (χ3v) is 2.86. The summed E-state index contributed by atoms with van der Waals surface area (Å²) in [5.74, 6) is 0.296. The molecule has 0 aromatic carbocycles. The van der Waals surface area contributed by atoms with Crippen LogP contribution in [0.5, 0.6) is 0 Å². The number of methoxy groups -OCH3 is 1. The van der Waals surface area contributed by atoms with Gasteiger partial charge in [0.1, 0.15) is 0 Å². The lowest BCUT2D eigenvalue weighted by Crippen LogP contribution is -2.36. The normalized spacial score (nSPS) is 15.6. The van der Waals surface area contributed by atoms with Crippen molar-refractivity contribution < 1.29 is 14.6 Å².